The number of likely N-dealkylation sites (tertiary alicyclic amines) is 1. The number of rotatable bonds is 6. The topological polar surface area (TPSA) is 21.7 Å². The van der Waals surface area contributed by atoms with Crippen molar-refractivity contribution in [1.82, 2.24) is 4.90 Å². The van der Waals surface area contributed by atoms with Crippen LogP contribution in [0.1, 0.15) is 25.7 Å². The number of hydrogen-bond donors (Lipinski definition) is 0. The Morgan fingerprint density at radius 2 is 1.43 bits per heavy atom. The van der Waals surface area contributed by atoms with Crippen LogP contribution in [-0.2, 0) is 0 Å². The minimum Gasteiger partial charge on any atom is -0.492 e. The van der Waals surface area contributed by atoms with Gasteiger partial charge in [-0.25, -0.2) is 0 Å². The van der Waals surface area contributed by atoms with Crippen molar-refractivity contribution in [2.75, 3.05) is 26.2 Å². The third-order valence-electron chi connectivity index (χ3n) is 4.16. The normalized spacial score (nSPS) is 15.8. The summed E-state index contributed by atoms with van der Waals surface area (Å²) in [4.78, 5) is 2.51. The highest BCUT2D eigenvalue weighted by Crippen LogP contribution is 2.25. The van der Waals surface area contributed by atoms with Gasteiger partial charge in [-0.2, -0.15) is 0 Å². The van der Waals surface area contributed by atoms with Crippen LogP contribution in [0.25, 0.3) is 0 Å². The van der Waals surface area contributed by atoms with Gasteiger partial charge < -0.3 is 9.47 Å². The SMILES string of the molecule is c1ccc(Oc2cccc(OCCN3CCCCCC3)c2)cc1. The van der Waals surface area contributed by atoms with Crippen LogP contribution in [0.2, 0.25) is 0 Å². The van der Waals surface area contributed by atoms with Crippen LogP contribution in [0, 0.1) is 0 Å². The molecule has 0 N–H and O–H groups in total. The predicted molar refractivity (Wildman–Crippen MR) is 93.4 cm³/mol. The maximum Gasteiger partial charge on any atom is 0.131 e. The molecule has 2 aromatic carbocycles. The van der Waals surface area contributed by atoms with Crippen molar-refractivity contribution in [2.45, 2.75) is 25.7 Å². The summed E-state index contributed by atoms with van der Waals surface area (Å²) in [6.45, 7) is 4.15. The van der Waals surface area contributed by atoms with E-state index in [0.717, 1.165) is 30.4 Å². The maximum absolute atomic E-state index is 5.91. The molecule has 122 valence electrons. The van der Waals surface area contributed by atoms with E-state index in [2.05, 4.69) is 4.90 Å². The van der Waals surface area contributed by atoms with Crippen molar-refractivity contribution in [3.05, 3.63) is 54.6 Å². The first-order valence-electron chi connectivity index (χ1n) is 8.58. The first kappa shape index (κ1) is 15.9. The van der Waals surface area contributed by atoms with Gasteiger partial charge >= 0.3 is 0 Å². The van der Waals surface area contributed by atoms with Crippen molar-refractivity contribution < 1.29 is 9.47 Å². The second-order valence-electron chi connectivity index (χ2n) is 5.99. The number of ether oxygens (including phenoxy) is 2. The molecule has 3 rings (SSSR count). The van der Waals surface area contributed by atoms with Crippen molar-refractivity contribution in [3.63, 3.8) is 0 Å². The van der Waals surface area contributed by atoms with Gasteiger partial charge in [0.2, 0.25) is 0 Å². The number of hydrogen-bond acceptors (Lipinski definition) is 3. The molecule has 0 aromatic heterocycles. The number of para-hydroxylation sites is 1. The van der Waals surface area contributed by atoms with Gasteiger partial charge in [0.25, 0.3) is 0 Å². The van der Waals surface area contributed by atoms with E-state index in [1.54, 1.807) is 0 Å². The Morgan fingerprint density at radius 1 is 0.739 bits per heavy atom. The van der Waals surface area contributed by atoms with E-state index in [1.807, 2.05) is 54.6 Å². The molecule has 0 spiro atoms. The standard InChI is InChI=1S/C20H25NO2/c1-2-7-14-21(13-6-1)15-16-22-19-11-8-12-20(17-19)23-18-9-4-3-5-10-18/h3-5,8-12,17H,1-2,6-7,13-16H2. The maximum atomic E-state index is 5.91. The highest BCUT2D eigenvalue weighted by Gasteiger charge is 2.08. The average Bonchev–Trinajstić information content (AvgIpc) is 2.85. The summed E-state index contributed by atoms with van der Waals surface area (Å²) >= 11 is 0. The van der Waals surface area contributed by atoms with Crippen molar-refractivity contribution in [2.24, 2.45) is 0 Å². The Morgan fingerprint density at radius 3 is 2.22 bits per heavy atom. The monoisotopic (exact) mass is 311 g/mol. The largest absolute Gasteiger partial charge is 0.492 e. The molecule has 0 saturated carbocycles. The summed E-state index contributed by atoms with van der Waals surface area (Å²) in [7, 11) is 0. The first-order chi connectivity index (χ1) is 11.4. The lowest BCUT2D eigenvalue weighted by Gasteiger charge is -2.19. The summed E-state index contributed by atoms with van der Waals surface area (Å²) in [5, 5.41) is 0. The van der Waals surface area contributed by atoms with Gasteiger partial charge in [-0.05, 0) is 50.2 Å². The Kier molecular flexibility index (Phi) is 5.93. The molecule has 1 aliphatic rings. The van der Waals surface area contributed by atoms with Crippen LogP contribution in [0.15, 0.2) is 54.6 Å². The molecule has 3 heteroatoms. The summed E-state index contributed by atoms with van der Waals surface area (Å²) < 4.78 is 11.7. The van der Waals surface area contributed by atoms with Gasteiger partial charge in [0.15, 0.2) is 0 Å². The van der Waals surface area contributed by atoms with Gasteiger partial charge in [-0.3, -0.25) is 4.90 Å². The molecule has 1 heterocycles. The first-order valence-corrected chi connectivity index (χ1v) is 8.58. The van der Waals surface area contributed by atoms with E-state index in [9.17, 15) is 0 Å². The van der Waals surface area contributed by atoms with E-state index in [0.29, 0.717) is 0 Å². The lowest BCUT2D eigenvalue weighted by atomic mass is 10.2. The fraction of sp³-hybridized carbons (Fsp3) is 0.400. The number of benzene rings is 2. The number of nitrogens with zero attached hydrogens (tertiary/aromatic N) is 1. The summed E-state index contributed by atoms with van der Waals surface area (Å²) in [6.07, 6.45) is 5.38. The predicted octanol–water partition coefficient (Wildman–Crippen LogP) is 4.73. The van der Waals surface area contributed by atoms with E-state index in [1.165, 1.54) is 38.8 Å². The zero-order valence-corrected chi connectivity index (χ0v) is 13.6. The van der Waals surface area contributed by atoms with Gasteiger partial charge in [-0.1, -0.05) is 37.1 Å². The minimum absolute atomic E-state index is 0.731. The van der Waals surface area contributed by atoms with E-state index in [-0.39, 0.29) is 0 Å². The molecule has 2 aromatic rings. The Bertz CT molecular complexity index is 577. The highest BCUT2D eigenvalue weighted by atomic mass is 16.5. The smallest absolute Gasteiger partial charge is 0.131 e. The average molecular weight is 311 g/mol. The molecule has 0 aliphatic carbocycles. The zero-order chi connectivity index (χ0) is 15.7. The molecule has 23 heavy (non-hydrogen) atoms. The Hall–Kier alpha value is -2.00. The Labute approximate surface area is 138 Å². The van der Waals surface area contributed by atoms with E-state index in [4.69, 9.17) is 9.47 Å². The third-order valence-corrected chi connectivity index (χ3v) is 4.16. The van der Waals surface area contributed by atoms with Crippen LogP contribution in [-0.4, -0.2) is 31.1 Å². The van der Waals surface area contributed by atoms with Crippen molar-refractivity contribution in [1.29, 1.82) is 0 Å². The molecule has 1 aliphatic heterocycles. The fourth-order valence-corrected chi connectivity index (χ4v) is 2.90. The van der Waals surface area contributed by atoms with Gasteiger partial charge in [-0.15, -0.1) is 0 Å². The summed E-state index contributed by atoms with van der Waals surface area (Å²) in [5.41, 5.74) is 0. The molecule has 0 unspecified atom stereocenters. The van der Waals surface area contributed by atoms with E-state index >= 15 is 0 Å². The van der Waals surface area contributed by atoms with Gasteiger partial charge in [0.05, 0.1) is 0 Å². The molecule has 0 amide bonds. The second kappa shape index (κ2) is 8.59. The van der Waals surface area contributed by atoms with Crippen LogP contribution in [0.5, 0.6) is 17.2 Å². The minimum atomic E-state index is 0.731. The van der Waals surface area contributed by atoms with Crippen molar-refractivity contribution in [3.8, 4) is 17.2 Å². The molecular formula is C20H25NO2. The quantitative estimate of drug-likeness (QED) is 0.769. The fourth-order valence-electron chi connectivity index (χ4n) is 2.90. The third kappa shape index (κ3) is 5.29. The molecule has 0 bridgehead atoms. The van der Waals surface area contributed by atoms with Gasteiger partial charge in [0, 0.05) is 12.6 Å². The summed E-state index contributed by atoms with van der Waals surface area (Å²) in [5.74, 6) is 2.52. The lowest BCUT2D eigenvalue weighted by molar-refractivity contribution is 0.213. The second-order valence-corrected chi connectivity index (χ2v) is 5.99. The van der Waals surface area contributed by atoms with Crippen molar-refractivity contribution >= 4 is 0 Å². The molecular weight excluding hydrogens is 286 g/mol. The van der Waals surface area contributed by atoms with Crippen LogP contribution >= 0.6 is 0 Å². The van der Waals surface area contributed by atoms with E-state index < -0.39 is 0 Å². The molecule has 0 atom stereocenters. The van der Waals surface area contributed by atoms with Crippen LogP contribution in [0.3, 0.4) is 0 Å². The van der Waals surface area contributed by atoms with Crippen LogP contribution in [0.4, 0.5) is 0 Å². The molecule has 1 saturated heterocycles. The molecule has 0 radical (unpaired) electrons. The molecule has 3 nitrogen and oxygen atoms in total. The van der Waals surface area contributed by atoms with Crippen LogP contribution < -0.4 is 9.47 Å². The zero-order valence-electron chi connectivity index (χ0n) is 13.6. The Balaban J connectivity index is 1.49. The van der Waals surface area contributed by atoms with Gasteiger partial charge in [0.1, 0.15) is 23.9 Å². The highest BCUT2D eigenvalue weighted by molar-refractivity contribution is 5.36. The molecule has 1 fully saturated rings. The summed E-state index contributed by atoms with van der Waals surface area (Å²) in [6, 6.07) is 17.7. The lowest BCUT2D eigenvalue weighted by Crippen LogP contribution is -2.29.